The van der Waals surface area contributed by atoms with Crippen molar-refractivity contribution in [2.45, 2.75) is 58.9 Å². The van der Waals surface area contributed by atoms with Crippen molar-refractivity contribution in [2.24, 2.45) is 5.92 Å². The largest absolute Gasteiger partial charge is 0.466 e. The average molecular weight is 264 g/mol. The zero-order chi connectivity index (χ0) is 13.8. The van der Waals surface area contributed by atoms with Gasteiger partial charge in [0.15, 0.2) is 0 Å². The number of nitrogens with zero attached hydrogens (tertiary/aromatic N) is 2. The van der Waals surface area contributed by atoms with Gasteiger partial charge in [0.05, 0.1) is 12.3 Å². The third kappa shape index (κ3) is 3.58. The van der Waals surface area contributed by atoms with Crippen LogP contribution in [0.5, 0.6) is 0 Å². The second-order valence-corrected chi connectivity index (χ2v) is 5.63. The molecule has 1 atom stereocenters. The molecule has 1 aromatic rings. The lowest BCUT2D eigenvalue weighted by atomic mass is 9.85. The van der Waals surface area contributed by atoms with Crippen molar-refractivity contribution < 1.29 is 9.53 Å². The van der Waals surface area contributed by atoms with Crippen molar-refractivity contribution >= 4 is 5.97 Å². The van der Waals surface area contributed by atoms with E-state index in [4.69, 9.17) is 4.74 Å². The van der Waals surface area contributed by atoms with Crippen molar-refractivity contribution in [3.8, 4) is 0 Å². The van der Waals surface area contributed by atoms with Gasteiger partial charge in [-0.05, 0) is 57.9 Å². The molecule has 1 unspecified atom stereocenters. The van der Waals surface area contributed by atoms with E-state index in [0.29, 0.717) is 25.0 Å². The first-order valence-corrected chi connectivity index (χ1v) is 7.32. The first-order chi connectivity index (χ1) is 9.10. The Balaban J connectivity index is 1.89. The number of rotatable bonds is 5. The molecule has 0 amide bonds. The van der Waals surface area contributed by atoms with Crippen LogP contribution in [-0.2, 0) is 22.4 Å². The summed E-state index contributed by atoms with van der Waals surface area (Å²) in [4.78, 5) is 11.4. The van der Waals surface area contributed by atoms with Crippen LogP contribution < -0.4 is 0 Å². The molecule has 0 radical (unpaired) electrons. The Morgan fingerprint density at radius 1 is 1.58 bits per heavy atom. The van der Waals surface area contributed by atoms with Crippen LogP contribution in [0.4, 0.5) is 0 Å². The van der Waals surface area contributed by atoms with Crippen LogP contribution in [0.15, 0.2) is 6.20 Å². The van der Waals surface area contributed by atoms with Gasteiger partial charge in [0.25, 0.3) is 0 Å². The molecule has 0 saturated carbocycles. The van der Waals surface area contributed by atoms with E-state index in [1.807, 2.05) is 6.92 Å². The number of esters is 1. The minimum Gasteiger partial charge on any atom is -0.466 e. The number of hydrogen-bond donors (Lipinski definition) is 0. The van der Waals surface area contributed by atoms with Crippen molar-refractivity contribution in [3.63, 3.8) is 0 Å². The number of hydrogen-bond acceptors (Lipinski definition) is 3. The number of ether oxygens (including phenoxy) is 1. The summed E-state index contributed by atoms with van der Waals surface area (Å²) >= 11 is 0. The maximum Gasteiger partial charge on any atom is 0.305 e. The molecule has 4 heteroatoms. The Bertz CT molecular complexity index is 437. The van der Waals surface area contributed by atoms with Crippen molar-refractivity contribution in [2.75, 3.05) is 6.61 Å². The number of carbonyl (C=O) groups excluding carboxylic acids is 1. The predicted molar refractivity (Wildman–Crippen MR) is 74.0 cm³/mol. The van der Waals surface area contributed by atoms with E-state index < -0.39 is 0 Å². The summed E-state index contributed by atoms with van der Waals surface area (Å²) in [6.45, 7) is 6.63. The van der Waals surface area contributed by atoms with Gasteiger partial charge >= 0.3 is 5.97 Å². The van der Waals surface area contributed by atoms with E-state index in [1.54, 1.807) is 0 Å². The lowest BCUT2D eigenvalue weighted by molar-refractivity contribution is -0.143. The zero-order valence-electron chi connectivity index (χ0n) is 12.2. The van der Waals surface area contributed by atoms with Crippen molar-refractivity contribution in [1.29, 1.82) is 0 Å². The van der Waals surface area contributed by atoms with Gasteiger partial charge in [-0.2, -0.15) is 5.10 Å². The highest BCUT2D eigenvalue weighted by molar-refractivity contribution is 5.69. The van der Waals surface area contributed by atoms with E-state index in [0.717, 1.165) is 25.7 Å². The molecule has 106 valence electrons. The summed E-state index contributed by atoms with van der Waals surface area (Å²) in [6, 6.07) is 0.420. The van der Waals surface area contributed by atoms with Gasteiger partial charge in [0.2, 0.25) is 0 Å². The van der Waals surface area contributed by atoms with E-state index in [9.17, 15) is 4.79 Å². The van der Waals surface area contributed by atoms with Gasteiger partial charge in [0, 0.05) is 18.7 Å². The number of carbonyl (C=O) groups is 1. The molecule has 19 heavy (non-hydrogen) atoms. The smallest absolute Gasteiger partial charge is 0.305 e. The molecule has 1 aliphatic rings. The fourth-order valence-corrected chi connectivity index (χ4v) is 2.67. The normalized spacial score (nSPS) is 18.4. The van der Waals surface area contributed by atoms with Gasteiger partial charge in [-0.3, -0.25) is 9.48 Å². The Hall–Kier alpha value is -1.32. The Morgan fingerprint density at radius 2 is 2.37 bits per heavy atom. The molecule has 0 N–H and O–H groups in total. The van der Waals surface area contributed by atoms with Crippen LogP contribution in [0.3, 0.4) is 0 Å². The van der Waals surface area contributed by atoms with Gasteiger partial charge in [-0.25, -0.2) is 0 Å². The third-order valence-electron chi connectivity index (χ3n) is 3.78. The second-order valence-electron chi connectivity index (χ2n) is 5.63. The Morgan fingerprint density at radius 3 is 3.05 bits per heavy atom. The first-order valence-electron chi connectivity index (χ1n) is 7.32. The average Bonchev–Trinajstić information content (AvgIpc) is 2.80. The van der Waals surface area contributed by atoms with Crippen LogP contribution >= 0.6 is 0 Å². The van der Waals surface area contributed by atoms with E-state index in [2.05, 4.69) is 29.8 Å². The molecule has 0 fully saturated rings. The molecule has 1 heterocycles. The summed E-state index contributed by atoms with van der Waals surface area (Å²) in [5.74, 6) is 0.535. The molecule has 2 rings (SSSR count). The molecule has 0 bridgehead atoms. The van der Waals surface area contributed by atoms with Crippen LogP contribution in [0, 0.1) is 5.92 Å². The lowest BCUT2D eigenvalue weighted by Crippen LogP contribution is -2.15. The molecular weight excluding hydrogens is 240 g/mol. The van der Waals surface area contributed by atoms with Crippen molar-refractivity contribution in [1.82, 2.24) is 9.78 Å². The molecule has 4 nitrogen and oxygen atoms in total. The van der Waals surface area contributed by atoms with Crippen molar-refractivity contribution in [3.05, 3.63) is 17.5 Å². The number of fused-ring (bicyclic) bond motifs is 1. The molecule has 1 aliphatic carbocycles. The maximum absolute atomic E-state index is 11.4. The predicted octanol–water partition coefficient (Wildman–Crippen LogP) is 2.91. The number of aryl methyl sites for hydroxylation is 1. The molecular formula is C15H24N2O2. The standard InChI is InChI=1S/C15H24N2O2/c1-4-19-15(18)8-6-12-5-7-14-13(9-12)10-17(16-14)11(2)3/h10-12H,4-9H2,1-3H3. The van der Waals surface area contributed by atoms with Gasteiger partial charge in [-0.15, -0.1) is 0 Å². The highest BCUT2D eigenvalue weighted by Gasteiger charge is 2.22. The lowest BCUT2D eigenvalue weighted by Gasteiger charge is -2.20. The molecule has 1 aromatic heterocycles. The zero-order valence-corrected chi connectivity index (χ0v) is 12.2. The summed E-state index contributed by atoms with van der Waals surface area (Å²) in [5, 5.41) is 4.63. The fraction of sp³-hybridized carbons (Fsp3) is 0.733. The molecule has 0 aliphatic heterocycles. The Labute approximate surface area is 115 Å². The van der Waals surface area contributed by atoms with Gasteiger partial charge in [-0.1, -0.05) is 0 Å². The fourth-order valence-electron chi connectivity index (χ4n) is 2.67. The molecule has 0 spiro atoms. The van der Waals surface area contributed by atoms with Crippen LogP contribution in [0.25, 0.3) is 0 Å². The minimum absolute atomic E-state index is 0.0637. The Kier molecular flexibility index (Phi) is 4.61. The maximum atomic E-state index is 11.4. The monoisotopic (exact) mass is 264 g/mol. The van der Waals surface area contributed by atoms with Crippen LogP contribution in [0.1, 0.15) is 57.3 Å². The van der Waals surface area contributed by atoms with Gasteiger partial charge in [0.1, 0.15) is 0 Å². The molecule has 0 saturated heterocycles. The van der Waals surface area contributed by atoms with E-state index in [1.165, 1.54) is 11.3 Å². The highest BCUT2D eigenvalue weighted by atomic mass is 16.5. The number of aromatic nitrogens is 2. The topological polar surface area (TPSA) is 44.1 Å². The summed E-state index contributed by atoms with van der Waals surface area (Å²) in [5.41, 5.74) is 2.62. The minimum atomic E-state index is -0.0637. The summed E-state index contributed by atoms with van der Waals surface area (Å²) < 4.78 is 7.04. The third-order valence-corrected chi connectivity index (χ3v) is 3.78. The second kappa shape index (κ2) is 6.22. The first kappa shape index (κ1) is 14.1. The SMILES string of the molecule is CCOC(=O)CCC1CCc2nn(C(C)C)cc2C1. The van der Waals surface area contributed by atoms with E-state index >= 15 is 0 Å². The quantitative estimate of drug-likeness (QED) is 0.768. The van der Waals surface area contributed by atoms with Gasteiger partial charge < -0.3 is 4.74 Å². The van der Waals surface area contributed by atoms with Crippen LogP contribution in [-0.4, -0.2) is 22.4 Å². The summed E-state index contributed by atoms with van der Waals surface area (Å²) in [6.07, 6.45) is 6.90. The van der Waals surface area contributed by atoms with Crippen LogP contribution in [0.2, 0.25) is 0 Å². The summed E-state index contributed by atoms with van der Waals surface area (Å²) in [7, 11) is 0. The van der Waals surface area contributed by atoms with E-state index in [-0.39, 0.29) is 5.97 Å². The molecule has 0 aromatic carbocycles. The highest BCUT2D eigenvalue weighted by Crippen LogP contribution is 2.28.